The number of rotatable bonds is 7. The summed E-state index contributed by atoms with van der Waals surface area (Å²) in [6.07, 6.45) is 13.3. The van der Waals surface area contributed by atoms with Crippen LogP contribution in [0.3, 0.4) is 0 Å². The monoisotopic (exact) mass is 488 g/mol. The maximum Gasteiger partial charge on any atom is 0.303 e. The van der Waals surface area contributed by atoms with Crippen LogP contribution in [0, 0.1) is 52.3 Å². The van der Waals surface area contributed by atoms with Crippen molar-refractivity contribution in [2.75, 3.05) is 0 Å². The number of ether oxygens (including phenoxy) is 2. The fraction of sp³-hybridized carbons (Fsp3) is 0.935. The Labute approximate surface area is 214 Å². The van der Waals surface area contributed by atoms with Crippen molar-refractivity contribution in [3.8, 4) is 0 Å². The van der Waals surface area contributed by atoms with Crippen molar-refractivity contribution in [2.45, 2.75) is 131 Å². The number of fused-ring (bicyclic) bond motifs is 5. The number of carbonyl (C=O) groups excluding carboxylic acids is 2. The molecule has 0 bridgehead atoms. The van der Waals surface area contributed by atoms with Crippen molar-refractivity contribution in [2.24, 2.45) is 52.3 Å². The van der Waals surface area contributed by atoms with E-state index < -0.39 is 0 Å². The van der Waals surface area contributed by atoms with Gasteiger partial charge in [-0.05, 0) is 104 Å². The van der Waals surface area contributed by atoms with E-state index >= 15 is 0 Å². The highest BCUT2D eigenvalue weighted by Crippen LogP contribution is 2.68. The number of hydrogen-bond acceptors (Lipinski definition) is 4. The van der Waals surface area contributed by atoms with Crippen molar-refractivity contribution < 1.29 is 19.1 Å². The van der Waals surface area contributed by atoms with Gasteiger partial charge in [-0.15, -0.1) is 0 Å². The Kier molecular flexibility index (Phi) is 7.99. The summed E-state index contributed by atoms with van der Waals surface area (Å²) in [5.41, 5.74) is 0.661. The smallest absolute Gasteiger partial charge is 0.303 e. The van der Waals surface area contributed by atoms with Gasteiger partial charge in [-0.3, -0.25) is 9.59 Å². The third-order valence-corrected chi connectivity index (χ3v) is 11.5. The topological polar surface area (TPSA) is 52.6 Å². The average Bonchev–Trinajstić information content (AvgIpc) is 3.10. The van der Waals surface area contributed by atoms with Crippen LogP contribution in [0.25, 0.3) is 0 Å². The fourth-order valence-electron chi connectivity index (χ4n) is 9.93. The minimum atomic E-state index is -0.304. The van der Waals surface area contributed by atoms with Crippen molar-refractivity contribution in [1.82, 2.24) is 0 Å². The van der Waals surface area contributed by atoms with Crippen LogP contribution in [0.4, 0.5) is 0 Å². The van der Waals surface area contributed by atoms with Gasteiger partial charge in [-0.2, -0.15) is 0 Å². The predicted octanol–water partition coefficient (Wildman–Crippen LogP) is 7.58. The highest BCUT2D eigenvalue weighted by molar-refractivity contribution is 5.67. The lowest BCUT2D eigenvalue weighted by Gasteiger charge is -2.62. The van der Waals surface area contributed by atoms with E-state index in [1.165, 1.54) is 71.6 Å². The molecule has 0 aromatic heterocycles. The summed E-state index contributed by atoms with van der Waals surface area (Å²) < 4.78 is 11.5. The second kappa shape index (κ2) is 10.4. The molecule has 0 amide bonds. The molecule has 0 unspecified atom stereocenters. The lowest BCUT2D eigenvalue weighted by Crippen LogP contribution is -2.57. The van der Waals surface area contributed by atoms with Crippen LogP contribution >= 0.6 is 0 Å². The van der Waals surface area contributed by atoms with Crippen LogP contribution in [0.5, 0.6) is 0 Å². The van der Waals surface area contributed by atoms with Crippen LogP contribution in [0.15, 0.2) is 0 Å². The van der Waals surface area contributed by atoms with Gasteiger partial charge in [0.25, 0.3) is 0 Å². The second-order valence-corrected chi connectivity index (χ2v) is 13.9. The zero-order chi connectivity index (χ0) is 25.5. The summed E-state index contributed by atoms with van der Waals surface area (Å²) in [5.74, 6) is 4.88. The van der Waals surface area contributed by atoms with Gasteiger partial charge in [-0.1, -0.05) is 53.9 Å². The molecule has 4 aliphatic rings. The lowest BCUT2D eigenvalue weighted by molar-refractivity contribution is -0.195. The molecule has 0 saturated heterocycles. The Balaban J connectivity index is 1.50. The Morgan fingerprint density at radius 3 is 2.14 bits per heavy atom. The van der Waals surface area contributed by atoms with Gasteiger partial charge in [0.05, 0.1) is 0 Å². The first-order valence-corrected chi connectivity index (χ1v) is 14.8. The SMILES string of the molecule is CC(=O)O[C@H]1C[C@@H]2CC[C@H]3[C@H]4CC[C@H]([C@H](C)CCCC(C)C)[C@]4(C)CC[C@H]3[C@@]2(C)C[C@H]1OC(C)=O. The highest BCUT2D eigenvalue weighted by Gasteiger charge is 2.62. The van der Waals surface area contributed by atoms with Crippen LogP contribution in [-0.2, 0) is 19.1 Å². The van der Waals surface area contributed by atoms with E-state index in [0.717, 1.165) is 42.4 Å². The molecule has 0 aliphatic heterocycles. The van der Waals surface area contributed by atoms with E-state index in [1.54, 1.807) is 0 Å². The summed E-state index contributed by atoms with van der Waals surface area (Å²) in [5, 5.41) is 0. The number of esters is 2. The minimum Gasteiger partial charge on any atom is -0.459 e. The molecule has 0 radical (unpaired) electrons. The van der Waals surface area contributed by atoms with Gasteiger partial charge >= 0.3 is 11.9 Å². The summed E-state index contributed by atoms with van der Waals surface area (Å²) in [7, 11) is 0. The summed E-state index contributed by atoms with van der Waals surface area (Å²) >= 11 is 0. The molecule has 4 saturated carbocycles. The third-order valence-electron chi connectivity index (χ3n) is 11.5. The van der Waals surface area contributed by atoms with E-state index in [1.807, 2.05) is 0 Å². The van der Waals surface area contributed by atoms with E-state index in [2.05, 4.69) is 34.6 Å². The standard InChI is InChI=1S/C31H52O4/c1-19(2)9-8-10-20(3)25-13-14-26-24-12-11-23-17-28(34-21(4)32)29(35-22(5)33)18-31(23,7)27(24)15-16-30(25,26)6/h19-20,23-29H,8-18H2,1-7H3/t20-,23+,24+,25-,26-,27-,28+,29-,30+,31+/m1/s1. The first-order valence-electron chi connectivity index (χ1n) is 14.8. The van der Waals surface area contributed by atoms with Crippen LogP contribution < -0.4 is 0 Å². The zero-order valence-electron chi connectivity index (χ0n) is 23.6. The van der Waals surface area contributed by atoms with Crippen molar-refractivity contribution in [3.05, 3.63) is 0 Å². The van der Waals surface area contributed by atoms with Gasteiger partial charge in [0.1, 0.15) is 12.2 Å². The maximum absolute atomic E-state index is 11.9. The van der Waals surface area contributed by atoms with Gasteiger partial charge in [-0.25, -0.2) is 0 Å². The molecule has 200 valence electrons. The second-order valence-electron chi connectivity index (χ2n) is 13.9. The van der Waals surface area contributed by atoms with Crippen LogP contribution in [0.2, 0.25) is 0 Å². The van der Waals surface area contributed by atoms with Crippen LogP contribution in [0.1, 0.15) is 119 Å². The fourth-order valence-corrected chi connectivity index (χ4v) is 9.93. The first kappa shape index (κ1) is 27.0. The number of carbonyl (C=O) groups is 2. The molecule has 4 heteroatoms. The molecular formula is C31H52O4. The molecule has 0 aromatic rings. The third kappa shape index (κ3) is 5.19. The van der Waals surface area contributed by atoms with E-state index in [-0.39, 0.29) is 29.6 Å². The Morgan fingerprint density at radius 1 is 0.829 bits per heavy atom. The Bertz CT molecular complexity index is 776. The van der Waals surface area contributed by atoms with Crippen LogP contribution in [-0.4, -0.2) is 24.1 Å². The van der Waals surface area contributed by atoms with Gasteiger partial charge in [0.2, 0.25) is 0 Å². The molecule has 0 aromatic carbocycles. The predicted molar refractivity (Wildman–Crippen MR) is 140 cm³/mol. The molecule has 4 aliphatic carbocycles. The molecule has 0 heterocycles. The molecule has 0 N–H and O–H groups in total. The van der Waals surface area contributed by atoms with E-state index in [4.69, 9.17) is 9.47 Å². The molecular weight excluding hydrogens is 436 g/mol. The molecule has 4 rings (SSSR count). The molecule has 0 spiro atoms. The quantitative estimate of drug-likeness (QED) is 0.347. The molecule has 10 atom stereocenters. The van der Waals surface area contributed by atoms with Crippen molar-refractivity contribution >= 4 is 11.9 Å². The van der Waals surface area contributed by atoms with Gasteiger partial charge < -0.3 is 9.47 Å². The highest BCUT2D eigenvalue weighted by atomic mass is 16.6. The zero-order valence-corrected chi connectivity index (χ0v) is 23.6. The largest absolute Gasteiger partial charge is 0.459 e. The summed E-state index contributed by atoms with van der Waals surface area (Å²) in [6, 6.07) is 0. The minimum absolute atomic E-state index is 0.169. The number of hydrogen-bond donors (Lipinski definition) is 0. The molecule has 4 fully saturated rings. The maximum atomic E-state index is 11.9. The average molecular weight is 489 g/mol. The van der Waals surface area contributed by atoms with Crippen molar-refractivity contribution in [3.63, 3.8) is 0 Å². The Hall–Kier alpha value is -1.06. The van der Waals surface area contributed by atoms with E-state index in [9.17, 15) is 9.59 Å². The van der Waals surface area contributed by atoms with Gasteiger partial charge in [0, 0.05) is 13.8 Å². The normalized spacial score (nSPS) is 43.6. The summed E-state index contributed by atoms with van der Waals surface area (Å²) in [6.45, 7) is 15.3. The van der Waals surface area contributed by atoms with E-state index in [0.29, 0.717) is 17.3 Å². The van der Waals surface area contributed by atoms with Gasteiger partial charge in [0.15, 0.2) is 0 Å². The Morgan fingerprint density at radius 2 is 1.49 bits per heavy atom. The first-order chi connectivity index (χ1) is 16.5. The van der Waals surface area contributed by atoms with Crippen molar-refractivity contribution in [1.29, 1.82) is 0 Å². The molecule has 35 heavy (non-hydrogen) atoms. The summed E-state index contributed by atoms with van der Waals surface area (Å²) in [4.78, 5) is 23.7. The molecule has 4 nitrogen and oxygen atoms in total. The lowest BCUT2D eigenvalue weighted by atomic mass is 9.44.